The number of thiazole rings is 1. The van der Waals surface area contributed by atoms with Crippen LogP contribution in [0.15, 0.2) is 89.4 Å². The van der Waals surface area contributed by atoms with E-state index in [0.717, 1.165) is 21.8 Å². The Morgan fingerprint density at radius 1 is 1.07 bits per heavy atom. The highest BCUT2D eigenvalue weighted by molar-refractivity contribution is 7.89. The van der Waals surface area contributed by atoms with Gasteiger partial charge in [0.05, 0.1) is 36.4 Å². The number of aliphatic hydroxyl groups is 1. The van der Waals surface area contributed by atoms with E-state index >= 15 is 0 Å². The number of nitrogens with one attached hydrogen (secondary N) is 1. The van der Waals surface area contributed by atoms with Gasteiger partial charge in [0.15, 0.2) is 0 Å². The molecule has 1 fully saturated rings. The second-order valence-corrected chi connectivity index (χ2v) is 17.8. The molecule has 12 nitrogen and oxygen atoms in total. The van der Waals surface area contributed by atoms with Crippen LogP contribution in [0.1, 0.15) is 52.3 Å². The highest BCUT2D eigenvalue weighted by Gasteiger charge is 2.41. The number of amides is 3. The van der Waals surface area contributed by atoms with Crippen molar-refractivity contribution in [3.63, 3.8) is 0 Å². The average molecular weight is 777 g/mol. The second kappa shape index (κ2) is 17.8. The van der Waals surface area contributed by atoms with Crippen LogP contribution in [-0.4, -0.2) is 101 Å². The van der Waals surface area contributed by atoms with Gasteiger partial charge in [-0.3, -0.25) is 9.78 Å². The highest BCUT2D eigenvalue weighted by Crippen LogP contribution is 2.28. The molecule has 14 heteroatoms. The summed E-state index contributed by atoms with van der Waals surface area (Å²) < 4.78 is 34.6. The minimum atomic E-state index is -4.05. The summed E-state index contributed by atoms with van der Waals surface area (Å²) in [4.78, 5) is 40.6. The molecule has 1 aliphatic heterocycles. The van der Waals surface area contributed by atoms with Crippen LogP contribution in [0.5, 0.6) is 5.75 Å². The minimum absolute atomic E-state index is 0.0725. The Morgan fingerprint density at radius 3 is 2.43 bits per heavy atom. The molecule has 0 saturated carbocycles. The Hall–Kier alpha value is -4.37. The normalized spacial score (nSPS) is 16.0. The lowest BCUT2D eigenvalue weighted by molar-refractivity contribution is -0.128. The predicted octanol–water partition coefficient (Wildman–Crippen LogP) is 5.69. The maximum atomic E-state index is 14.4. The first-order valence-electron chi connectivity index (χ1n) is 18.3. The van der Waals surface area contributed by atoms with Gasteiger partial charge in [-0.05, 0) is 59.7 Å². The van der Waals surface area contributed by atoms with E-state index in [-0.39, 0.29) is 36.4 Å². The van der Waals surface area contributed by atoms with Gasteiger partial charge in [-0.15, -0.1) is 11.3 Å². The number of hydrogen-bond donors (Lipinski definition) is 2. The summed E-state index contributed by atoms with van der Waals surface area (Å²) in [6.45, 7) is 10.7. The van der Waals surface area contributed by atoms with Crippen molar-refractivity contribution in [3.05, 3.63) is 95.8 Å². The standard InChI is InChI=1S/C40H52N6O6S2/c1-7-28(2)36(46-21-20-44(39(46)49)24-31-26-53-38(42-31)30-14-11-19-41-23-30)37(48)43-34(22-29-12-9-8-10-13-29)35(47)25-45(27-40(3,4)5)54(50,51)33-17-15-32(52-6)16-18-33/h8-19,23,26,28,34-36,47H,7,20-22,24-25,27H2,1-6H3,(H,43,48)/t28-,34-,35+,36-/m0/s1. The lowest BCUT2D eigenvalue weighted by Gasteiger charge is -2.35. The van der Waals surface area contributed by atoms with E-state index in [9.17, 15) is 23.1 Å². The van der Waals surface area contributed by atoms with E-state index in [4.69, 9.17) is 9.72 Å². The minimum Gasteiger partial charge on any atom is -0.497 e. The van der Waals surface area contributed by atoms with E-state index in [1.165, 1.54) is 34.9 Å². The Kier molecular flexibility index (Phi) is 13.5. The molecule has 54 heavy (non-hydrogen) atoms. The quantitative estimate of drug-likeness (QED) is 0.139. The van der Waals surface area contributed by atoms with Gasteiger partial charge in [-0.2, -0.15) is 4.31 Å². The zero-order chi connectivity index (χ0) is 39.0. The van der Waals surface area contributed by atoms with Crippen molar-refractivity contribution in [2.24, 2.45) is 11.3 Å². The molecule has 2 aromatic carbocycles. The van der Waals surface area contributed by atoms with Gasteiger partial charge < -0.3 is 25.0 Å². The van der Waals surface area contributed by atoms with Crippen molar-refractivity contribution in [1.82, 2.24) is 29.4 Å². The summed E-state index contributed by atoms with van der Waals surface area (Å²) in [6, 6.07) is 17.5. The molecule has 5 rings (SSSR count). The number of benzene rings is 2. The number of aromatic nitrogens is 2. The number of aliphatic hydroxyl groups excluding tert-OH is 1. The molecule has 4 aromatic rings. The van der Waals surface area contributed by atoms with E-state index in [1.54, 1.807) is 34.3 Å². The van der Waals surface area contributed by atoms with Crippen LogP contribution in [-0.2, 0) is 27.8 Å². The molecule has 1 aliphatic rings. The number of nitrogens with zero attached hydrogens (tertiary/aromatic N) is 5. The van der Waals surface area contributed by atoms with Crippen molar-refractivity contribution in [1.29, 1.82) is 0 Å². The van der Waals surface area contributed by atoms with Gasteiger partial charge in [-0.1, -0.05) is 71.4 Å². The topological polar surface area (TPSA) is 145 Å². The Balaban J connectivity index is 1.37. The van der Waals surface area contributed by atoms with Gasteiger partial charge in [0.2, 0.25) is 15.9 Å². The van der Waals surface area contributed by atoms with Crippen LogP contribution in [0.25, 0.3) is 10.6 Å². The molecule has 0 spiro atoms. The number of urea groups is 1. The first kappa shape index (κ1) is 40.8. The van der Waals surface area contributed by atoms with Crippen LogP contribution in [0.4, 0.5) is 4.79 Å². The van der Waals surface area contributed by atoms with E-state index in [0.29, 0.717) is 31.8 Å². The van der Waals surface area contributed by atoms with Crippen molar-refractivity contribution < 1.29 is 27.9 Å². The van der Waals surface area contributed by atoms with Crippen LogP contribution >= 0.6 is 11.3 Å². The molecule has 290 valence electrons. The summed E-state index contributed by atoms with van der Waals surface area (Å²) in [7, 11) is -2.54. The van der Waals surface area contributed by atoms with Crippen LogP contribution < -0.4 is 10.1 Å². The smallest absolute Gasteiger partial charge is 0.321 e. The number of carbonyl (C=O) groups is 2. The molecular weight excluding hydrogens is 725 g/mol. The molecule has 4 atom stereocenters. The van der Waals surface area contributed by atoms with Crippen LogP contribution in [0.3, 0.4) is 0 Å². The van der Waals surface area contributed by atoms with E-state index in [2.05, 4.69) is 10.3 Å². The lowest BCUT2D eigenvalue weighted by Crippen LogP contribution is -2.57. The lowest BCUT2D eigenvalue weighted by atomic mass is 9.94. The summed E-state index contributed by atoms with van der Waals surface area (Å²) in [5.74, 6) is -0.0734. The highest BCUT2D eigenvalue weighted by atomic mass is 32.2. The third kappa shape index (κ3) is 10.2. The molecule has 0 bridgehead atoms. The second-order valence-electron chi connectivity index (χ2n) is 15.0. The zero-order valence-corrected chi connectivity index (χ0v) is 33.5. The number of carbonyl (C=O) groups excluding carboxylic acids is 2. The van der Waals surface area contributed by atoms with Crippen molar-refractivity contribution in [2.45, 2.75) is 77.1 Å². The summed E-state index contributed by atoms with van der Waals surface area (Å²) >= 11 is 1.49. The maximum Gasteiger partial charge on any atom is 0.321 e. The Morgan fingerprint density at radius 2 is 1.80 bits per heavy atom. The van der Waals surface area contributed by atoms with Gasteiger partial charge in [-0.25, -0.2) is 18.2 Å². The van der Waals surface area contributed by atoms with Crippen molar-refractivity contribution in [2.75, 3.05) is 33.3 Å². The fourth-order valence-electron chi connectivity index (χ4n) is 6.56. The molecule has 3 heterocycles. The number of rotatable bonds is 17. The third-order valence-electron chi connectivity index (χ3n) is 9.56. The Labute approximate surface area is 323 Å². The molecule has 0 unspecified atom stereocenters. The Bertz CT molecular complexity index is 1940. The molecular formula is C40H52N6O6S2. The van der Waals surface area contributed by atoms with Gasteiger partial charge in [0, 0.05) is 49.5 Å². The first-order valence-corrected chi connectivity index (χ1v) is 20.6. The van der Waals surface area contributed by atoms with Crippen LogP contribution in [0, 0.1) is 11.3 Å². The molecule has 3 amide bonds. The van der Waals surface area contributed by atoms with Crippen molar-refractivity contribution >= 4 is 33.3 Å². The summed E-state index contributed by atoms with van der Waals surface area (Å²) in [5.41, 5.74) is 2.08. The molecule has 0 radical (unpaired) electrons. The monoisotopic (exact) mass is 776 g/mol. The predicted molar refractivity (Wildman–Crippen MR) is 210 cm³/mol. The van der Waals surface area contributed by atoms with E-state index in [1.807, 2.05) is 82.5 Å². The average Bonchev–Trinajstić information content (AvgIpc) is 3.77. The molecule has 2 N–H and O–H groups in total. The first-order chi connectivity index (χ1) is 25.7. The molecule has 1 saturated heterocycles. The number of pyridine rings is 1. The van der Waals surface area contributed by atoms with Crippen molar-refractivity contribution in [3.8, 4) is 16.3 Å². The SMILES string of the molecule is CC[C@H](C)[C@@H](C(=O)N[C@@H](Cc1ccccc1)[C@H](O)CN(CC(C)(C)C)S(=O)(=O)c1ccc(OC)cc1)N1CCN(Cc2csc(-c3cccnc3)n2)C1=O. The zero-order valence-electron chi connectivity index (χ0n) is 31.9. The van der Waals surface area contributed by atoms with E-state index < -0.39 is 39.5 Å². The van der Waals surface area contributed by atoms with Gasteiger partial charge >= 0.3 is 6.03 Å². The molecule has 2 aromatic heterocycles. The van der Waals surface area contributed by atoms with Gasteiger partial charge in [0.25, 0.3) is 0 Å². The number of hydrogen-bond acceptors (Lipinski definition) is 9. The fourth-order valence-corrected chi connectivity index (χ4v) is 9.05. The fraction of sp³-hybridized carbons (Fsp3) is 0.450. The van der Waals surface area contributed by atoms with Crippen LogP contribution in [0.2, 0.25) is 0 Å². The largest absolute Gasteiger partial charge is 0.497 e. The third-order valence-corrected chi connectivity index (χ3v) is 12.3. The number of methoxy groups -OCH3 is 1. The molecule has 0 aliphatic carbocycles. The summed E-state index contributed by atoms with van der Waals surface area (Å²) in [6.07, 6.45) is 3.06. The summed E-state index contributed by atoms with van der Waals surface area (Å²) in [5, 5.41) is 17.8. The number of sulfonamides is 1. The number of ether oxygens (including phenoxy) is 1. The maximum absolute atomic E-state index is 14.4. The van der Waals surface area contributed by atoms with Gasteiger partial charge in [0.1, 0.15) is 16.8 Å².